The van der Waals surface area contributed by atoms with Crippen LogP contribution in [-0.2, 0) is 19.5 Å². The number of nitrogens with zero attached hydrogens (tertiary/aromatic N) is 3. The van der Waals surface area contributed by atoms with Gasteiger partial charge in [0, 0.05) is 44.1 Å². The van der Waals surface area contributed by atoms with Gasteiger partial charge < -0.3 is 10.6 Å². The molecular formula is C19H27N5O. The number of rotatable bonds is 6. The standard InChI is InChI=1S/C19H27N5O/c1-15(13-24-10-5-9-21-24)22-19(25)20-12-16(2)23-11-8-17-6-3-4-7-18(17)14-23/h3-7,9-10,15-16H,8,11-14H2,1-2H3,(H2,20,22,25)/t15-,16-/m0/s1. The fourth-order valence-electron chi connectivity index (χ4n) is 3.27. The van der Waals surface area contributed by atoms with Gasteiger partial charge in [-0.15, -0.1) is 0 Å². The number of benzene rings is 1. The van der Waals surface area contributed by atoms with Gasteiger partial charge in [-0.05, 0) is 37.5 Å². The van der Waals surface area contributed by atoms with Gasteiger partial charge in [0.15, 0.2) is 0 Å². The van der Waals surface area contributed by atoms with Gasteiger partial charge in [0.1, 0.15) is 0 Å². The Labute approximate surface area is 149 Å². The molecule has 0 unspecified atom stereocenters. The summed E-state index contributed by atoms with van der Waals surface area (Å²) in [5.41, 5.74) is 2.85. The third-order valence-corrected chi connectivity index (χ3v) is 4.74. The summed E-state index contributed by atoms with van der Waals surface area (Å²) in [7, 11) is 0. The Balaban J connectivity index is 1.41. The minimum Gasteiger partial charge on any atom is -0.337 e. The van der Waals surface area contributed by atoms with Gasteiger partial charge in [0.05, 0.1) is 6.54 Å². The maximum absolute atomic E-state index is 12.1. The number of amides is 2. The predicted octanol–water partition coefficient (Wildman–Crippen LogP) is 2.02. The monoisotopic (exact) mass is 341 g/mol. The zero-order chi connectivity index (χ0) is 17.6. The first kappa shape index (κ1) is 17.5. The number of hydrogen-bond acceptors (Lipinski definition) is 3. The number of aromatic nitrogens is 2. The Kier molecular flexibility index (Phi) is 5.71. The van der Waals surface area contributed by atoms with Crippen LogP contribution in [0.15, 0.2) is 42.7 Å². The molecule has 2 heterocycles. The lowest BCUT2D eigenvalue weighted by Crippen LogP contribution is -2.48. The molecule has 2 amide bonds. The third-order valence-electron chi connectivity index (χ3n) is 4.74. The summed E-state index contributed by atoms with van der Waals surface area (Å²) in [5, 5.41) is 10.1. The second-order valence-electron chi connectivity index (χ2n) is 6.82. The van der Waals surface area contributed by atoms with Gasteiger partial charge in [-0.2, -0.15) is 5.10 Å². The number of carbonyl (C=O) groups is 1. The lowest BCUT2D eigenvalue weighted by Gasteiger charge is -2.33. The van der Waals surface area contributed by atoms with E-state index in [0.717, 1.165) is 19.5 Å². The smallest absolute Gasteiger partial charge is 0.315 e. The first-order chi connectivity index (χ1) is 12.1. The van der Waals surface area contributed by atoms with Crippen molar-refractivity contribution in [3.63, 3.8) is 0 Å². The van der Waals surface area contributed by atoms with Crippen molar-refractivity contribution in [1.82, 2.24) is 25.3 Å². The van der Waals surface area contributed by atoms with Crippen LogP contribution >= 0.6 is 0 Å². The van der Waals surface area contributed by atoms with Crippen molar-refractivity contribution in [2.45, 2.75) is 45.4 Å². The van der Waals surface area contributed by atoms with Gasteiger partial charge in [-0.25, -0.2) is 4.79 Å². The summed E-state index contributed by atoms with van der Waals surface area (Å²) in [5.74, 6) is 0. The highest BCUT2D eigenvalue weighted by atomic mass is 16.2. The lowest BCUT2D eigenvalue weighted by atomic mass is 9.99. The summed E-state index contributed by atoms with van der Waals surface area (Å²) < 4.78 is 1.82. The molecule has 1 aliphatic rings. The van der Waals surface area contributed by atoms with Crippen molar-refractivity contribution in [3.8, 4) is 0 Å². The minimum absolute atomic E-state index is 0.0251. The van der Waals surface area contributed by atoms with Crippen LogP contribution in [0.4, 0.5) is 4.79 Å². The second kappa shape index (κ2) is 8.16. The SMILES string of the molecule is C[C@@H](Cn1cccn1)NC(=O)NC[C@H](C)N1CCc2ccccc2C1. The van der Waals surface area contributed by atoms with Crippen LogP contribution in [0.3, 0.4) is 0 Å². The van der Waals surface area contributed by atoms with E-state index in [1.807, 2.05) is 23.9 Å². The molecule has 6 nitrogen and oxygen atoms in total. The van der Waals surface area contributed by atoms with Crippen molar-refractivity contribution in [3.05, 3.63) is 53.9 Å². The van der Waals surface area contributed by atoms with Crippen LogP contribution < -0.4 is 10.6 Å². The fraction of sp³-hybridized carbons (Fsp3) is 0.474. The van der Waals surface area contributed by atoms with E-state index in [4.69, 9.17) is 0 Å². The van der Waals surface area contributed by atoms with Gasteiger partial charge in [-0.3, -0.25) is 9.58 Å². The van der Waals surface area contributed by atoms with E-state index in [0.29, 0.717) is 19.1 Å². The van der Waals surface area contributed by atoms with Gasteiger partial charge >= 0.3 is 6.03 Å². The highest BCUT2D eigenvalue weighted by Crippen LogP contribution is 2.19. The summed E-state index contributed by atoms with van der Waals surface area (Å²) >= 11 is 0. The quantitative estimate of drug-likeness (QED) is 0.845. The number of nitrogens with one attached hydrogen (secondary N) is 2. The average molecular weight is 341 g/mol. The van der Waals surface area contributed by atoms with Crippen molar-refractivity contribution >= 4 is 6.03 Å². The summed E-state index contributed by atoms with van der Waals surface area (Å²) in [6, 6.07) is 10.7. The van der Waals surface area contributed by atoms with Crippen LogP contribution in [0.5, 0.6) is 0 Å². The fourth-order valence-corrected chi connectivity index (χ4v) is 3.27. The average Bonchev–Trinajstić information content (AvgIpc) is 3.12. The van der Waals surface area contributed by atoms with E-state index in [1.165, 1.54) is 11.1 Å². The Morgan fingerprint density at radius 1 is 1.24 bits per heavy atom. The number of urea groups is 1. The second-order valence-corrected chi connectivity index (χ2v) is 6.82. The molecule has 1 aromatic carbocycles. The van der Waals surface area contributed by atoms with E-state index in [-0.39, 0.29) is 12.1 Å². The molecule has 1 aliphatic heterocycles. The predicted molar refractivity (Wildman–Crippen MR) is 98.2 cm³/mol. The largest absolute Gasteiger partial charge is 0.337 e. The number of carbonyl (C=O) groups excluding carboxylic acids is 1. The van der Waals surface area contributed by atoms with Gasteiger partial charge in [-0.1, -0.05) is 24.3 Å². The molecule has 2 atom stereocenters. The van der Waals surface area contributed by atoms with Crippen LogP contribution in [0.25, 0.3) is 0 Å². The topological polar surface area (TPSA) is 62.2 Å². The first-order valence-electron chi connectivity index (χ1n) is 8.94. The van der Waals surface area contributed by atoms with Crippen molar-refractivity contribution in [1.29, 1.82) is 0 Å². The normalized spacial score (nSPS) is 16.7. The molecule has 3 rings (SSSR count). The molecule has 0 aliphatic carbocycles. The molecule has 2 aromatic rings. The van der Waals surface area contributed by atoms with Crippen molar-refractivity contribution in [2.24, 2.45) is 0 Å². The molecule has 0 saturated carbocycles. The van der Waals surface area contributed by atoms with Crippen molar-refractivity contribution < 1.29 is 4.79 Å². The zero-order valence-corrected chi connectivity index (χ0v) is 15.0. The Bertz CT molecular complexity index is 685. The molecule has 134 valence electrons. The van der Waals surface area contributed by atoms with E-state index in [1.54, 1.807) is 6.20 Å². The molecule has 1 aromatic heterocycles. The first-order valence-corrected chi connectivity index (χ1v) is 8.94. The van der Waals surface area contributed by atoms with E-state index in [9.17, 15) is 4.79 Å². The van der Waals surface area contributed by atoms with Gasteiger partial charge in [0.2, 0.25) is 0 Å². The van der Waals surface area contributed by atoms with E-state index < -0.39 is 0 Å². The summed E-state index contributed by atoms with van der Waals surface area (Å²) in [4.78, 5) is 14.5. The van der Waals surface area contributed by atoms with E-state index in [2.05, 4.69) is 51.8 Å². The van der Waals surface area contributed by atoms with Crippen LogP contribution in [0.2, 0.25) is 0 Å². The molecule has 0 radical (unpaired) electrons. The Morgan fingerprint density at radius 2 is 2.04 bits per heavy atom. The highest BCUT2D eigenvalue weighted by Gasteiger charge is 2.20. The molecule has 0 bridgehead atoms. The molecule has 0 spiro atoms. The lowest BCUT2D eigenvalue weighted by molar-refractivity contribution is 0.184. The molecular weight excluding hydrogens is 314 g/mol. The minimum atomic E-state index is -0.121. The maximum Gasteiger partial charge on any atom is 0.315 e. The number of fused-ring (bicyclic) bond motifs is 1. The van der Waals surface area contributed by atoms with Crippen LogP contribution in [0, 0.1) is 0 Å². The number of hydrogen-bond donors (Lipinski definition) is 2. The molecule has 0 fully saturated rings. The zero-order valence-electron chi connectivity index (χ0n) is 15.0. The summed E-state index contributed by atoms with van der Waals surface area (Å²) in [6.45, 7) is 7.45. The van der Waals surface area contributed by atoms with E-state index >= 15 is 0 Å². The van der Waals surface area contributed by atoms with Gasteiger partial charge in [0.25, 0.3) is 0 Å². The molecule has 6 heteroatoms. The Morgan fingerprint density at radius 3 is 2.80 bits per heavy atom. The maximum atomic E-state index is 12.1. The van der Waals surface area contributed by atoms with Crippen LogP contribution in [-0.4, -0.2) is 45.9 Å². The summed E-state index contributed by atoms with van der Waals surface area (Å²) in [6.07, 6.45) is 4.71. The Hall–Kier alpha value is -2.34. The molecule has 2 N–H and O–H groups in total. The highest BCUT2D eigenvalue weighted by molar-refractivity contribution is 5.74. The molecule has 0 saturated heterocycles. The third kappa shape index (κ3) is 4.82. The van der Waals surface area contributed by atoms with Crippen LogP contribution in [0.1, 0.15) is 25.0 Å². The molecule has 25 heavy (non-hydrogen) atoms. The van der Waals surface area contributed by atoms with Crippen molar-refractivity contribution in [2.75, 3.05) is 13.1 Å².